The molecule has 1 atom stereocenters. The van der Waals surface area contributed by atoms with Gasteiger partial charge < -0.3 is 9.47 Å². The normalized spacial score (nSPS) is 13.7. The second-order valence-electron chi connectivity index (χ2n) is 5.72. The first-order valence-corrected chi connectivity index (χ1v) is 8.64. The number of pyridine rings is 1. The molecule has 2 heterocycles. The van der Waals surface area contributed by atoms with Crippen molar-refractivity contribution in [3.63, 3.8) is 0 Å². The second-order valence-corrected chi connectivity index (χ2v) is 6.57. The second kappa shape index (κ2) is 6.65. The van der Waals surface area contributed by atoms with Crippen LogP contribution in [0, 0.1) is 0 Å². The van der Waals surface area contributed by atoms with E-state index >= 15 is 0 Å². The van der Waals surface area contributed by atoms with Gasteiger partial charge in [-0.1, -0.05) is 52.3 Å². The molecule has 2 aromatic carbocycles. The molecule has 0 spiro atoms. The lowest BCUT2D eigenvalue weighted by Gasteiger charge is -2.18. The molecule has 0 aliphatic carbocycles. The van der Waals surface area contributed by atoms with E-state index in [9.17, 15) is 0 Å². The number of fused-ring (bicyclic) bond motifs is 1. The fraction of sp³-hybridized carbons (Fsp3) is 0.150. The van der Waals surface area contributed by atoms with Crippen molar-refractivity contribution < 1.29 is 9.47 Å². The number of rotatable bonds is 4. The van der Waals surface area contributed by atoms with Crippen LogP contribution in [-0.2, 0) is 6.42 Å². The zero-order valence-electron chi connectivity index (χ0n) is 13.0. The molecular formula is C20H16BrNO2. The minimum Gasteiger partial charge on any atom is -0.454 e. The van der Waals surface area contributed by atoms with E-state index in [2.05, 4.69) is 57.3 Å². The maximum atomic E-state index is 5.53. The van der Waals surface area contributed by atoms with Crippen molar-refractivity contribution >= 4 is 15.9 Å². The third-order valence-corrected chi connectivity index (χ3v) is 4.95. The number of halogens is 1. The standard InChI is InChI=1S/C20H16BrNO2/c21-17-12-20-19(23-13-24-20)11-15(17)10-16(14-6-2-1-3-7-14)18-8-4-5-9-22-18/h1-9,11-12,16H,10,13H2/t16-/m0/s1. The van der Waals surface area contributed by atoms with Gasteiger partial charge in [-0.25, -0.2) is 0 Å². The summed E-state index contributed by atoms with van der Waals surface area (Å²) in [4.78, 5) is 4.58. The summed E-state index contributed by atoms with van der Waals surface area (Å²) < 4.78 is 12.0. The highest BCUT2D eigenvalue weighted by Gasteiger charge is 2.21. The van der Waals surface area contributed by atoms with E-state index in [1.54, 1.807) is 0 Å². The van der Waals surface area contributed by atoms with Crippen molar-refractivity contribution in [3.05, 3.63) is 88.2 Å². The monoisotopic (exact) mass is 381 g/mol. The van der Waals surface area contributed by atoms with Gasteiger partial charge in [-0.3, -0.25) is 4.98 Å². The molecule has 120 valence electrons. The Balaban J connectivity index is 1.73. The number of hydrogen-bond donors (Lipinski definition) is 0. The molecule has 0 amide bonds. The van der Waals surface area contributed by atoms with Crippen LogP contribution < -0.4 is 9.47 Å². The summed E-state index contributed by atoms with van der Waals surface area (Å²) in [6.07, 6.45) is 2.68. The summed E-state index contributed by atoms with van der Waals surface area (Å²) in [5.41, 5.74) is 3.49. The molecule has 1 aliphatic heterocycles. The molecule has 0 radical (unpaired) electrons. The Labute approximate surface area is 149 Å². The Kier molecular flexibility index (Phi) is 4.22. The molecule has 0 saturated carbocycles. The lowest BCUT2D eigenvalue weighted by molar-refractivity contribution is 0.174. The summed E-state index contributed by atoms with van der Waals surface area (Å²) in [6.45, 7) is 0.285. The fourth-order valence-electron chi connectivity index (χ4n) is 3.00. The van der Waals surface area contributed by atoms with Gasteiger partial charge in [-0.05, 0) is 41.8 Å². The van der Waals surface area contributed by atoms with Gasteiger partial charge in [0.15, 0.2) is 11.5 Å². The average molecular weight is 382 g/mol. The van der Waals surface area contributed by atoms with Gasteiger partial charge in [-0.2, -0.15) is 0 Å². The topological polar surface area (TPSA) is 31.4 Å². The zero-order valence-corrected chi connectivity index (χ0v) is 14.6. The summed E-state index contributed by atoms with van der Waals surface area (Å²) in [5.74, 6) is 1.78. The lowest BCUT2D eigenvalue weighted by atomic mass is 9.89. The minimum atomic E-state index is 0.184. The van der Waals surface area contributed by atoms with Gasteiger partial charge >= 0.3 is 0 Å². The van der Waals surface area contributed by atoms with Crippen molar-refractivity contribution in [2.75, 3.05) is 6.79 Å². The number of benzene rings is 2. The quantitative estimate of drug-likeness (QED) is 0.640. The number of ether oxygens (including phenoxy) is 2. The Morgan fingerprint density at radius 2 is 1.71 bits per heavy atom. The Bertz CT molecular complexity index is 798. The molecule has 0 saturated heterocycles. The average Bonchev–Trinajstić information content (AvgIpc) is 3.08. The van der Waals surface area contributed by atoms with Crippen LogP contribution in [0.4, 0.5) is 0 Å². The zero-order chi connectivity index (χ0) is 16.4. The summed E-state index contributed by atoms with van der Waals surface area (Å²) >= 11 is 3.67. The number of aromatic nitrogens is 1. The van der Waals surface area contributed by atoms with E-state index in [4.69, 9.17) is 9.47 Å². The Morgan fingerprint density at radius 3 is 2.46 bits per heavy atom. The van der Waals surface area contributed by atoms with Crippen LogP contribution in [-0.4, -0.2) is 11.8 Å². The summed E-state index contributed by atoms with van der Waals surface area (Å²) in [6, 6.07) is 20.6. The van der Waals surface area contributed by atoms with Crippen LogP contribution in [0.1, 0.15) is 22.7 Å². The van der Waals surface area contributed by atoms with Crippen LogP contribution in [0.3, 0.4) is 0 Å². The van der Waals surface area contributed by atoms with Crippen molar-refractivity contribution in [3.8, 4) is 11.5 Å². The van der Waals surface area contributed by atoms with E-state index in [0.29, 0.717) is 0 Å². The van der Waals surface area contributed by atoms with E-state index in [0.717, 1.165) is 28.1 Å². The summed E-state index contributed by atoms with van der Waals surface area (Å²) in [7, 11) is 0. The van der Waals surface area contributed by atoms with Crippen molar-refractivity contribution in [2.24, 2.45) is 0 Å². The minimum absolute atomic E-state index is 0.184. The molecule has 0 bridgehead atoms. The molecule has 24 heavy (non-hydrogen) atoms. The largest absolute Gasteiger partial charge is 0.454 e. The van der Waals surface area contributed by atoms with Gasteiger partial charge in [0.1, 0.15) is 0 Å². The molecule has 4 rings (SSSR count). The molecule has 0 N–H and O–H groups in total. The number of hydrogen-bond acceptors (Lipinski definition) is 3. The first kappa shape index (κ1) is 15.2. The molecule has 4 heteroatoms. The van der Waals surface area contributed by atoms with Crippen molar-refractivity contribution in [2.45, 2.75) is 12.3 Å². The fourth-order valence-corrected chi connectivity index (χ4v) is 3.48. The van der Waals surface area contributed by atoms with Gasteiger partial charge in [0.25, 0.3) is 0 Å². The maximum Gasteiger partial charge on any atom is 0.231 e. The van der Waals surface area contributed by atoms with Crippen LogP contribution in [0.5, 0.6) is 11.5 Å². The first-order chi connectivity index (χ1) is 11.8. The van der Waals surface area contributed by atoms with E-state index in [1.807, 2.05) is 30.5 Å². The molecule has 1 aliphatic rings. The SMILES string of the molecule is Brc1cc2c(cc1C[C@@H](c1ccccc1)c1ccccn1)OCO2. The highest BCUT2D eigenvalue weighted by Crippen LogP contribution is 2.39. The smallest absolute Gasteiger partial charge is 0.231 e. The molecule has 1 aromatic heterocycles. The third kappa shape index (κ3) is 3.02. The number of nitrogens with zero attached hydrogens (tertiary/aromatic N) is 1. The molecule has 3 nitrogen and oxygen atoms in total. The highest BCUT2D eigenvalue weighted by atomic mass is 79.9. The van der Waals surface area contributed by atoms with Gasteiger partial charge in [-0.15, -0.1) is 0 Å². The molecular weight excluding hydrogens is 366 g/mol. The van der Waals surface area contributed by atoms with Gasteiger partial charge in [0, 0.05) is 22.3 Å². The highest BCUT2D eigenvalue weighted by molar-refractivity contribution is 9.10. The lowest BCUT2D eigenvalue weighted by Crippen LogP contribution is -2.07. The van der Waals surface area contributed by atoms with E-state index in [1.165, 1.54) is 11.1 Å². The Morgan fingerprint density at radius 1 is 0.958 bits per heavy atom. The van der Waals surface area contributed by atoms with Crippen molar-refractivity contribution in [1.82, 2.24) is 4.98 Å². The van der Waals surface area contributed by atoms with E-state index < -0.39 is 0 Å². The van der Waals surface area contributed by atoms with Crippen LogP contribution in [0.2, 0.25) is 0 Å². The predicted molar refractivity (Wildman–Crippen MR) is 96.5 cm³/mol. The van der Waals surface area contributed by atoms with Gasteiger partial charge in [0.05, 0.1) is 0 Å². The van der Waals surface area contributed by atoms with Crippen LogP contribution >= 0.6 is 15.9 Å². The van der Waals surface area contributed by atoms with Gasteiger partial charge in [0.2, 0.25) is 6.79 Å². The Hall–Kier alpha value is -2.33. The van der Waals surface area contributed by atoms with Crippen LogP contribution in [0.15, 0.2) is 71.3 Å². The van der Waals surface area contributed by atoms with Crippen molar-refractivity contribution in [1.29, 1.82) is 0 Å². The first-order valence-electron chi connectivity index (χ1n) is 7.85. The van der Waals surface area contributed by atoms with E-state index in [-0.39, 0.29) is 12.7 Å². The predicted octanol–water partition coefficient (Wildman–Crippen LogP) is 4.95. The molecule has 0 fully saturated rings. The van der Waals surface area contributed by atoms with Crippen LogP contribution in [0.25, 0.3) is 0 Å². The maximum absolute atomic E-state index is 5.53. The molecule has 0 unspecified atom stereocenters. The third-order valence-electron chi connectivity index (χ3n) is 4.21. The summed E-state index contributed by atoms with van der Waals surface area (Å²) in [5, 5.41) is 0. The molecule has 3 aromatic rings.